The molecule has 4 nitrogen and oxygen atoms in total. The maximum Gasteiger partial charge on any atom is 0.173 e. The first-order chi connectivity index (χ1) is 8.13. The number of hydrazine groups is 1. The zero-order chi connectivity index (χ0) is 12.8. The first-order valence-corrected chi connectivity index (χ1v) is 5.70. The molecule has 96 valence electrons. The van der Waals surface area contributed by atoms with Crippen LogP contribution < -0.4 is 11.3 Å². The molecule has 17 heavy (non-hydrogen) atoms. The van der Waals surface area contributed by atoms with Crippen LogP contribution in [0.15, 0.2) is 18.2 Å². The molecule has 0 aliphatic rings. The van der Waals surface area contributed by atoms with Gasteiger partial charge in [0.2, 0.25) is 0 Å². The van der Waals surface area contributed by atoms with Gasteiger partial charge in [0.1, 0.15) is 0 Å². The van der Waals surface area contributed by atoms with Crippen molar-refractivity contribution in [1.29, 1.82) is 0 Å². The molecule has 0 radical (unpaired) electrons. The minimum Gasteiger partial charge on any atom is -0.354 e. The first-order valence-electron chi connectivity index (χ1n) is 5.70. The predicted molar refractivity (Wildman–Crippen MR) is 68.5 cm³/mol. The van der Waals surface area contributed by atoms with E-state index in [9.17, 15) is 0 Å². The molecule has 0 heterocycles. The quantitative estimate of drug-likeness (QED) is 0.445. The molecule has 3 N–H and O–H groups in total. The van der Waals surface area contributed by atoms with Crippen LogP contribution in [0.1, 0.15) is 16.7 Å². The Balaban J connectivity index is 2.87. The van der Waals surface area contributed by atoms with Crippen molar-refractivity contribution in [3.05, 3.63) is 34.9 Å². The lowest BCUT2D eigenvalue weighted by molar-refractivity contribution is -0.122. The van der Waals surface area contributed by atoms with E-state index in [0.717, 1.165) is 6.42 Å². The topological polar surface area (TPSA) is 56.5 Å². The number of rotatable bonds is 6. The summed E-state index contributed by atoms with van der Waals surface area (Å²) >= 11 is 0. The van der Waals surface area contributed by atoms with Crippen molar-refractivity contribution in [2.24, 2.45) is 5.84 Å². The molecule has 1 aromatic rings. The van der Waals surface area contributed by atoms with E-state index in [0.29, 0.717) is 0 Å². The molecule has 4 heteroatoms. The summed E-state index contributed by atoms with van der Waals surface area (Å²) in [7, 11) is 3.23. The molecule has 0 aliphatic carbocycles. The Kier molecular flexibility index (Phi) is 5.58. The average Bonchev–Trinajstić information content (AvgIpc) is 2.33. The van der Waals surface area contributed by atoms with Gasteiger partial charge in [-0.15, -0.1) is 0 Å². The highest BCUT2D eigenvalue weighted by Gasteiger charge is 2.21. The number of nitrogens with one attached hydrogen (secondary N) is 1. The summed E-state index contributed by atoms with van der Waals surface area (Å²) in [6.45, 7) is 4.20. The van der Waals surface area contributed by atoms with Gasteiger partial charge in [0.15, 0.2) is 6.29 Å². The van der Waals surface area contributed by atoms with Crippen molar-refractivity contribution in [3.63, 3.8) is 0 Å². The van der Waals surface area contributed by atoms with Gasteiger partial charge in [-0.3, -0.25) is 11.3 Å². The summed E-state index contributed by atoms with van der Waals surface area (Å²) in [6, 6.07) is 6.20. The molecule has 0 spiro atoms. The third kappa shape index (κ3) is 3.51. The Morgan fingerprint density at radius 3 is 2.12 bits per heavy atom. The molecule has 1 aromatic carbocycles. The van der Waals surface area contributed by atoms with Gasteiger partial charge in [0.25, 0.3) is 0 Å². The van der Waals surface area contributed by atoms with Gasteiger partial charge in [-0.1, -0.05) is 18.2 Å². The number of methoxy groups -OCH3 is 2. The van der Waals surface area contributed by atoms with Crippen LogP contribution in [0.3, 0.4) is 0 Å². The molecule has 0 amide bonds. The molecule has 1 rings (SSSR count). The fourth-order valence-corrected chi connectivity index (χ4v) is 2.05. The van der Waals surface area contributed by atoms with Gasteiger partial charge in [0.05, 0.1) is 6.04 Å². The second kappa shape index (κ2) is 6.71. The van der Waals surface area contributed by atoms with Crippen molar-refractivity contribution < 1.29 is 9.47 Å². The standard InChI is InChI=1S/C13H22N2O2/c1-9-6-5-7-10(2)11(9)8-12(15-14)13(16-3)17-4/h5-7,12-13,15H,8,14H2,1-4H3. The first kappa shape index (κ1) is 14.1. The fraction of sp³-hybridized carbons (Fsp3) is 0.538. The van der Waals surface area contributed by atoms with Gasteiger partial charge in [-0.25, -0.2) is 0 Å². The summed E-state index contributed by atoms with van der Waals surface area (Å²) in [5, 5.41) is 0. The Bertz CT molecular complexity index is 331. The van der Waals surface area contributed by atoms with E-state index in [1.54, 1.807) is 14.2 Å². The van der Waals surface area contributed by atoms with E-state index >= 15 is 0 Å². The lowest BCUT2D eigenvalue weighted by atomic mass is 9.96. The summed E-state index contributed by atoms with van der Waals surface area (Å²) in [4.78, 5) is 0. The Labute approximate surface area is 103 Å². The number of nitrogens with two attached hydrogens (primary N) is 1. The van der Waals surface area contributed by atoms with Crippen LogP contribution in [0.5, 0.6) is 0 Å². The van der Waals surface area contributed by atoms with Crippen LogP contribution >= 0.6 is 0 Å². The van der Waals surface area contributed by atoms with E-state index in [4.69, 9.17) is 15.3 Å². The Morgan fingerprint density at radius 2 is 1.71 bits per heavy atom. The fourth-order valence-electron chi connectivity index (χ4n) is 2.05. The highest BCUT2D eigenvalue weighted by Crippen LogP contribution is 2.17. The van der Waals surface area contributed by atoms with Crippen LogP contribution in [0.4, 0.5) is 0 Å². The second-order valence-corrected chi connectivity index (χ2v) is 4.19. The predicted octanol–water partition coefficient (Wildman–Crippen LogP) is 1.30. The number of aryl methyl sites for hydroxylation is 2. The normalized spacial score (nSPS) is 13.1. The van der Waals surface area contributed by atoms with E-state index in [1.165, 1.54) is 16.7 Å². The lowest BCUT2D eigenvalue weighted by Crippen LogP contribution is -2.47. The van der Waals surface area contributed by atoms with Crippen molar-refractivity contribution in [3.8, 4) is 0 Å². The number of benzene rings is 1. The Morgan fingerprint density at radius 1 is 1.18 bits per heavy atom. The number of hydrogen-bond donors (Lipinski definition) is 2. The van der Waals surface area contributed by atoms with Crippen LogP contribution in [0.2, 0.25) is 0 Å². The maximum atomic E-state index is 5.56. The lowest BCUT2D eigenvalue weighted by Gasteiger charge is -2.25. The summed E-state index contributed by atoms with van der Waals surface area (Å²) in [5.74, 6) is 5.56. The summed E-state index contributed by atoms with van der Waals surface area (Å²) in [5.41, 5.74) is 6.56. The molecular formula is C13H22N2O2. The highest BCUT2D eigenvalue weighted by molar-refractivity contribution is 5.34. The largest absolute Gasteiger partial charge is 0.354 e. The average molecular weight is 238 g/mol. The molecule has 0 aromatic heterocycles. The van der Waals surface area contributed by atoms with Crippen LogP contribution in [-0.2, 0) is 15.9 Å². The highest BCUT2D eigenvalue weighted by atomic mass is 16.7. The molecule has 1 atom stereocenters. The monoisotopic (exact) mass is 238 g/mol. The third-order valence-electron chi connectivity index (χ3n) is 3.08. The summed E-state index contributed by atoms with van der Waals surface area (Å²) < 4.78 is 10.5. The van der Waals surface area contributed by atoms with Crippen LogP contribution in [0.25, 0.3) is 0 Å². The maximum absolute atomic E-state index is 5.56. The zero-order valence-electron chi connectivity index (χ0n) is 11.0. The molecule has 0 fully saturated rings. The Hall–Kier alpha value is -0.940. The van der Waals surface area contributed by atoms with Crippen molar-refractivity contribution >= 4 is 0 Å². The molecular weight excluding hydrogens is 216 g/mol. The van der Waals surface area contributed by atoms with Gasteiger partial charge in [-0.2, -0.15) is 0 Å². The van der Waals surface area contributed by atoms with Gasteiger partial charge < -0.3 is 9.47 Å². The number of hydrogen-bond acceptors (Lipinski definition) is 4. The molecule has 0 aliphatic heterocycles. The zero-order valence-corrected chi connectivity index (χ0v) is 11.0. The summed E-state index contributed by atoms with van der Waals surface area (Å²) in [6.07, 6.45) is 0.431. The van der Waals surface area contributed by atoms with Crippen LogP contribution in [-0.4, -0.2) is 26.6 Å². The molecule has 0 saturated carbocycles. The van der Waals surface area contributed by atoms with E-state index < -0.39 is 0 Å². The van der Waals surface area contributed by atoms with E-state index in [1.807, 2.05) is 0 Å². The van der Waals surface area contributed by atoms with Gasteiger partial charge in [0, 0.05) is 14.2 Å². The van der Waals surface area contributed by atoms with Crippen molar-refractivity contribution in [2.45, 2.75) is 32.6 Å². The molecule has 1 unspecified atom stereocenters. The van der Waals surface area contributed by atoms with Crippen molar-refractivity contribution in [1.82, 2.24) is 5.43 Å². The van der Waals surface area contributed by atoms with Crippen LogP contribution in [0, 0.1) is 13.8 Å². The SMILES string of the molecule is COC(OC)C(Cc1c(C)cccc1C)NN. The van der Waals surface area contributed by atoms with Gasteiger partial charge >= 0.3 is 0 Å². The van der Waals surface area contributed by atoms with E-state index in [2.05, 4.69) is 37.5 Å². The minimum atomic E-state index is -0.348. The number of ether oxygens (including phenoxy) is 2. The molecule has 0 bridgehead atoms. The minimum absolute atomic E-state index is 0.0650. The third-order valence-corrected chi connectivity index (χ3v) is 3.08. The second-order valence-electron chi connectivity index (χ2n) is 4.19. The smallest absolute Gasteiger partial charge is 0.173 e. The van der Waals surface area contributed by atoms with Crippen molar-refractivity contribution in [2.75, 3.05) is 14.2 Å². The van der Waals surface area contributed by atoms with Gasteiger partial charge in [-0.05, 0) is 37.0 Å². The molecule has 0 saturated heterocycles. The van der Waals surface area contributed by atoms with E-state index in [-0.39, 0.29) is 12.3 Å².